The molecule has 10 heteroatoms. The van der Waals surface area contributed by atoms with E-state index in [4.69, 9.17) is 34.8 Å². The van der Waals surface area contributed by atoms with Crippen LogP contribution in [0.5, 0.6) is 0 Å². The first-order valence-electron chi connectivity index (χ1n) is 8.94. The van der Waals surface area contributed by atoms with Gasteiger partial charge in [-0.1, -0.05) is 34.8 Å². The summed E-state index contributed by atoms with van der Waals surface area (Å²) in [7, 11) is -3.59. The molecule has 29 heavy (non-hydrogen) atoms. The van der Waals surface area contributed by atoms with Gasteiger partial charge in [0.2, 0.25) is 15.9 Å². The van der Waals surface area contributed by atoms with Crippen LogP contribution in [-0.4, -0.2) is 55.8 Å². The Hall–Kier alpha value is -1.35. The van der Waals surface area contributed by atoms with Crippen molar-refractivity contribution in [1.82, 2.24) is 9.21 Å². The first kappa shape index (κ1) is 22.3. The monoisotopic (exact) mass is 475 g/mol. The van der Waals surface area contributed by atoms with Gasteiger partial charge >= 0.3 is 0 Å². The van der Waals surface area contributed by atoms with E-state index in [1.54, 1.807) is 37.3 Å². The fourth-order valence-electron chi connectivity index (χ4n) is 3.08. The first-order valence-corrected chi connectivity index (χ1v) is 11.5. The Bertz CT molecular complexity index is 992. The molecule has 0 saturated carbocycles. The van der Waals surface area contributed by atoms with Crippen molar-refractivity contribution in [3.8, 4) is 0 Å². The van der Waals surface area contributed by atoms with Gasteiger partial charge in [0, 0.05) is 36.2 Å². The van der Waals surface area contributed by atoms with Crippen molar-refractivity contribution in [1.29, 1.82) is 0 Å². The standard InChI is InChI=1S/C19H20Cl3N3O3S/c1-13(19(26)23-18-12-15(21)4-7-17(18)22)24-8-10-25(11-9-24)29(27,28)16-5-2-14(20)3-6-16/h2-7,12-13H,8-11H2,1H3,(H,23,26)/t13-/m0/s1. The van der Waals surface area contributed by atoms with E-state index >= 15 is 0 Å². The smallest absolute Gasteiger partial charge is 0.243 e. The minimum atomic E-state index is -3.59. The molecule has 1 amide bonds. The summed E-state index contributed by atoms with van der Waals surface area (Å²) in [5.74, 6) is -0.233. The highest BCUT2D eigenvalue weighted by atomic mass is 35.5. The zero-order valence-corrected chi connectivity index (χ0v) is 18.7. The lowest BCUT2D eigenvalue weighted by molar-refractivity contribution is -0.121. The summed E-state index contributed by atoms with van der Waals surface area (Å²) in [5, 5.41) is 4.13. The van der Waals surface area contributed by atoms with E-state index in [1.165, 1.54) is 16.4 Å². The number of anilines is 1. The number of nitrogens with zero attached hydrogens (tertiary/aromatic N) is 2. The number of carbonyl (C=O) groups is 1. The van der Waals surface area contributed by atoms with Gasteiger partial charge in [0.25, 0.3) is 0 Å². The van der Waals surface area contributed by atoms with Crippen molar-refractivity contribution in [2.45, 2.75) is 17.9 Å². The molecule has 0 aromatic heterocycles. The lowest BCUT2D eigenvalue weighted by Crippen LogP contribution is -2.53. The van der Waals surface area contributed by atoms with Gasteiger partial charge in [-0.05, 0) is 49.4 Å². The summed E-state index contributed by atoms with van der Waals surface area (Å²) < 4.78 is 27.0. The number of piperazine rings is 1. The van der Waals surface area contributed by atoms with E-state index < -0.39 is 16.1 Å². The number of halogens is 3. The zero-order chi connectivity index (χ0) is 21.2. The van der Waals surface area contributed by atoms with Crippen LogP contribution in [0, 0.1) is 0 Å². The quantitative estimate of drug-likeness (QED) is 0.709. The molecule has 6 nitrogen and oxygen atoms in total. The Labute approximate surface area is 185 Å². The van der Waals surface area contributed by atoms with E-state index in [0.717, 1.165) is 0 Å². The summed E-state index contributed by atoms with van der Waals surface area (Å²) in [5.41, 5.74) is 0.444. The van der Waals surface area contributed by atoms with Gasteiger partial charge in [-0.15, -0.1) is 0 Å². The van der Waals surface area contributed by atoms with Gasteiger partial charge in [-0.2, -0.15) is 4.31 Å². The van der Waals surface area contributed by atoms with Crippen molar-refractivity contribution in [2.24, 2.45) is 0 Å². The zero-order valence-electron chi connectivity index (χ0n) is 15.6. The van der Waals surface area contributed by atoms with Crippen LogP contribution in [-0.2, 0) is 14.8 Å². The number of hydrogen-bond acceptors (Lipinski definition) is 4. The number of sulfonamides is 1. The number of benzene rings is 2. The van der Waals surface area contributed by atoms with Crippen LogP contribution in [0.4, 0.5) is 5.69 Å². The van der Waals surface area contributed by atoms with Crippen LogP contribution in [0.15, 0.2) is 47.4 Å². The predicted molar refractivity (Wildman–Crippen MR) is 116 cm³/mol. The Morgan fingerprint density at radius 1 is 0.966 bits per heavy atom. The second-order valence-corrected chi connectivity index (χ2v) is 9.90. The first-order chi connectivity index (χ1) is 13.7. The molecule has 1 N–H and O–H groups in total. The van der Waals surface area contributed by atoms with E-state index in [9.17, 15) is 13.2 Å². The van der Waals surface area contributed by atoms with Gasteiger partial charge in [0.05, 0.1) is 21.6 Å². The van der Waals surface area contributed by atoms with Gasteiger partial charge < -0.3 is 5.32 Å². The third-order valence-electron chi connectivity index (χ3n) is 4.84. The molecule has 2 aromatic carbocycles. The largest absolute Gasteiger partial charge is 0.323 e. The van der Waals surface area contributed by atoms with Crippen molar-refractivity contribution in [2.75, 3.05) is 31.5 Å². The Kier molecular flexibility index (Phi) is 7.09. The minimum absolute atomic E-state index is 0.205. The van der Waals surface area contributed by atoms with E-state index in [-0.39, 0.29) is 10.8 Å². The molecule has 1 heterocycles. The van der Waals surface area contributed by atoms with Crippen LogP contribution in [0.1, 0.15) is 6.92 Å². The minimum Gasteiger partial charge on any atom is -0.323 e. The molecule has 1 atom stereocenters. The number of hydrogen-bond donors (Lipinski definition) is 1. The van der Waals surface area contributed by atoms with Gasteiger partial charge in [0.1, 0.15) is 0 Å². The highest BCUT2D eigenvalue weighted by Crippen LogP contribution is 2.26. The molecule has 0 unspecified atom stereocenters. The van der Waals surface area contributed by atoms with Gasteiger partial charge in [-0.3, -0.25) is 9.69 Å². The number of carbonyl (C=O) groups excluding carboxylic acids is 1. The topological polar surface area (TPSA) is 69.7 Å². The molecule has 156 valence electrons. The predicted octanol–water partition coefficient (Wildman–Crippen LogP) is 3.98. The third kappa shape index (κ3) is 5.23. The molecule has 0 radical (unpaired) electrons. The summed E-state index contributed by atoms with van der Waals surface area (Å²) in [6.07, 6.45) is 0. The molecular weight excluding hydrogens is 457 g/mol. The molecule has 0 aliphatic carbocycles. The van der Waals surface area contributed by atoms with Crippen LogP contribution in [0.25, 0.3) is 0 Å². The molecule has 1 fully saturated rings. The van der Waals surface area contributed by atoms with Gasteiger partial charge in [-0.25, -0.2) is 8.42 Å². The Morgan fingerprint density at radius 2 is 1.55 bits per heavy atom. The van der Waals surface area contributed by atoms with Gasteiger partial charge in [0.15, 0.2) is 0 Å². The molecule has 3 rings (SSSR count). The molecule has 0 spiro atoms. The highest BCUT2D eigenvalue weighted by Gasteiger charge is 2.32. The fourth-order valence-corrected chi connectivity index (χ4v) is 4.97. The molecule has 1 saturated heterocycles. The van der Waals surface area contributed by atoms with Crippen molar-refractivity contribution in [3.05, 3.63) is 57.5 Å². The van der Waals surface area contributed by atoms with E-state index in [2.05, 4.69) is 5.32 Å². The molecule has 1 aliphatic rings. The van der Waals surface area contributed by atoms with E-state index in [0.29, 0.717) is 46.9 Å². The molecule has 1 aliphatic heterocycles. The van der Waals surface area contributed by atoms with Crippen molar-refractivity contribution < 1.29 is 13.2 Å². The second-order valence-electron chi connectivity index (χ2n) is 6.68. The van der Waals surface area contributed by atoms with E-state index in [1.807, 2.05) is 4.90 Å². The molecule has 2 aromatic rings. The Morgan fingerprint density at radius 3 is 2.17 bits per heavy atom. The second kappa shape index (κ2) is 9.20. The number of amides is 1. The van der Waals surface area contributed by atoms with Crippen molar-refractivity contribution in [3.63, 3.8) is 0 Å². The molecular formula is C19H20Cl3N3O3S. The lowest BCUT2D eigenvalue weighted by Gasteiger charge is -2.36. The maximum atomic E-state index is 12.8. The summed E-state index contributed by atoms with van der Waals surface area (Å²) in [6.45, 7) is 3.23. The summed E-state index contributed by atoms with van der Waals surface area (Å²) >= 11 is 17.9. The summed E-state index contributed by atoms with van der Waals surface area (Å²) in [6, 6.07) is 10.5. The summed E-state index contributed by atoms with van der Waals surface area (Å²) in [4.78, 5) is 14.7. The highest BCUT2D eigenvalue weighted by molar-refractivity contribution is 7.89. The Balaban J connectivity index is 1.61. The van der Waals surface area contributed by atoms with Crippen LogP contribution in [0.2, 0.25) is 15.1 Å². The lowest BCUT2D eigenvalue weighted by atomic mass is 10.2. The number of rotatable bonds is 5. The maximum Gasteiger partial charge on any atom is 0.243 e. The normalized spacial score (nSPS) is 17.1. The SMILES string of the molecule is C[C@@H](C(=O)Nc1cc(Cl)ccc1Cl)N1CCN(S(=O)(=O)c2ccc(Cl)cc2)CC1. The number of nitrogens with one attached hydrogen (secondary N) is 1. The third-order valence-corrected chi connectivity index (χ3v) is 7.57. The average molecular weight is 477 g/mol. The fraction of sp³-hybridized carbons (Fsp3) is 0.316. The van der Waals surface area contributed by atoms with Crippen molar-refractivity contribution >= 4 is 56.4 Å². The van der Waals surface area contributed by atoms with Crippen LogP contribution < -0.4 is 5.32 Å². The average Bonchev–Trinajstić information content (AvgIpc) is 2.70. The maximum absolute atomic E-state index is 12.8. The van der Waals surface area contributed by atoms with Crippen LogP contribution in [0.3, 0.4) is 0 Å². The molecule has 0 bridgehead atoms. The van der Waals surface area contributed by atoms with Crippen LogP contribution >= 0.6 is 34.8 Å².